The summed E-state index contributed by atoms with van der Waals surface area (Å²) in [7, 11) is 0. The normalized spacial score (nSPS) is 15.7. The summed E-state index contributed by atoms with van der Waals surface area (Å²) in [5.74, 6) is -1.26. The van der Waals surface area contributed by atoms with E-state index in [9.17, 15) is 13.9 Å². The molecule has 2 aromatic heterocycles. The van der Waals surface area contributed by atoms with Gasteiger partial charge in [-0.1, -0.05) is 6.92 Å². The van der Waals surface area contributed by atoms with Crippen LogP contribution in [0.15, 0.2) is 24.3 Å². The minimum Gasteiger partial charge on any atom is -0.387 e. The van der Waals surface area contributed by atoms with Gasteiger partial charge in [0.1, 0.15) is 11.3 Å². The van der Waals surface area contributed by atoms with E-state index in [1.807, 2.05) is 30.7 Å². The predicted octanol–water partition coefficient (Wildman–Crippen LogP) is 3.87. The number of aliphatic hydroxyl groups excluding tert-OH is 1. The Morgan fingerprint density at radius 3 is 2.78 bits per heavy atom. The van der Waals surface area contributed by atoms with Crippen LogP contribution < -0.4 is 4.90 Å². The molecule has 1 aliphatic rings. The highest BCUT2D eigenvalue weighted by Gasteiger charge is 2.22. The van der Waals surface area contributed by atoms with Crippen LogP contribution in [0.1, 0.15) is 43.0 Å². The second-order valence-corrected chi connectivity index (χ2v) is 7.05. The molecule has 1 aliphatic heterocycles. The van der Waals surface area contributed by atoms with Gasteiger partial charge in [0.2, 0.25) is 0 Å². The zero-order chi connectivity index (χ0) is 19.1. The Kier molecular flexibility index (Phi) is 4.55. The van der Waals surface area contributed by atoms with Crippen molar-refractivity contribution in [3.05, 3.63) is 53.0 Å². The number of pyridine rings is 1. The number of hydrogen-bond donors (Lipinski definition) is 1. The Morgan fingerprint density at radius 2 is 2.00 bits per heavy atom. The number of anilines is 1. The maximum absolute atomic E-state index is 14.3. The zero-order valence-corrected chi connectivity index (χ0v) is 15.4. The molecule has 27 heavy (non-hydrogen) atoms. The lowest BCUT2D eigenvalue weighted by atomic mass is 10.1. The molecule has 5 nitrogen and oxygen atoms in total. The van der Waals surface area contributed by atoms with Crippen molar-refractivity contribution in [3.63, 3.8) is 0 Å². The first-order chi connectivity index (χ1) is 13.0. The molecular formula is C20H22F2N4O. The van der Waals surface area contributed by atoms with Gasteiger partial charge < -0.3 is 10.0 Å². The van der Waals surface area contributed by atoms with E-state index in [-0.39, 0.29) is 5.52 Å². The number of aryl methyl sites for hydroxylation is 2. The molecule has 1 aromatic carbocycles. The summed E-state index contributed by atoms with van der Waals surface area (Å²) >= 11 is 0. The SMILES string of the molecule is CC[C@H](O)c1cc2n(n1)CCCN(c1cc(C)nc3c(F)cc(F)cc13)C2. The van der Waals surface area contributed by atoms with Crippen molar-refractivity contribution in [1.29, 1.82) is 0 Å². The molecule has 0 aliphatic carbocycles. The number of rotatable bonds is 3. The molecule has 0 fully saturated rings. The summed E-state index contributed by atoms with van der Waals surface area (Å²) in [5, 5.41) is 15.1. The van der Waals surface area contributed by atoms with Gasteiger partial charge in [0, 0.05) is 35.9 Å². The third-order valence-electron chi connectivity index (χ3n) is 5.04. The number of nitrogens with zero attached hydrogens (tertiary/aromatic N) is 4. The lowest BCUT2D eigenvalue weighted by Gasteiger charge is -2.24. The minimum absolute atomic E-state index is 0.186. The second-order valence-electron chi connectivity index (χ2n) is 7.05. The first-order valence-electron chi connectivity index (χ1n) is 9.22. The average Bonchev–Trinajstić information content (AvgIpc) is 2.93. The first kappa shape index (κ1) is 17.9. The topological polar surface area (TPSA) is 54.2 Å². The summed E-state index contributed by atoms with van der Waals surface area (Å²) in [4.78, 5) is 6.37. The number of aromatic nitrogens is 3. The molecule has 7 heteroatoms. The fourth-order valence-electron chi connectivity index (χ4n) is 3.68. The number of halogens is 2. The molecule has 3 aromatic rings. The third-order valence-corrected chi connectivity index (χ3v) is 5.04. The van der Waals surface area contributed by atoms with Crippen molar-refractivity contribution in [1.82, 2.24) is 14.8 Å². The quantitative estimate of drug-likeness (QED) is 0.758. The third kappa shape index (κ3) is 3.27. The van der Waals surface area contributed by atoms with Crippen molar-refractivity contribution in [2.45, 2.75) is 45.9 Å². The first-order valence-corrected chi connectivity index (χ1v) is 9.22. The monoisotopic (exact) mass is 372 g/mol. The number of benzene rings is 1. The lowest BCUT2D eigenvalue weighted by Crippen LogP contribution is -2.23. The highest BCUT2D eigenvalue weighted by Crippen LogP contribution is 2.32. The molecule has 0 saturated carbocycles. The van der Waals surface area contributed by atoms with E-state index < -0.39 is 17.7 Å². The molecule has 0 bridgehead atoms. The van der Waals surface area contributed by atoms with E-state index in [0.29, 0.717) is 29.7 Å². The van der Waals surface area contributed by atoms with Crippen LogP contribution in [0.5, 0.6) is 0 Å². The van der Waals surface area contributed by atoms with Crippen LogP contribution in [-0.4, -0.2) is 26.4 Å². The molecule has 4 rings (SSSR count). The molecule has 142 valence electrons. The molecule has 1 N–H and O–H groups in total. The molecule has 3 heterocycles. The van der Waals surface area contributed by atoms with Gasteiger partial charge in [-0.3, -0.25) is 4.68 Å². The summed E-state index contributed by atoms with van der Waals surface area (Å²) in [6.07, 6.45) is 0.870. The Bertz CT molecular complexity index is 1000. The smallest absolute Gasteiger partial charge is 0.152 e. The molecular weight excluding hydrogens is 350 g/mol. The van der Waals surface area contributed by atoms with Gasteiger partial charge in [-0.2, -0.15) is 5.10 Å². The fourth-order valence-corrected chi connectivity index (χ4v) is 3.68. The molecule has 1 atom stereocenters. The Balaban J connectivity index is 1.78. The van der Waals surface area contributed by atoms with E-state index >= 15 is 0 Å². The summed E-state index contributed by atoms with van der Waals surface area (Å²) in [5.41, 5.74) is 3.29. The summed E-state index contributed by atoms with van der Waals surface area (Å²) in [6.45, 7) is 5.76. The van der Waals surface area contributed by atoms with Crippen molar-refractivity contribution < 1.29 is 13.9 Å². The van der Waals surface area contributed by atoms with E-state index in [4.69, 9.17) is 0 Å². The molecule has 0 saturated heterocycles. The number of fused-ring (bicyclic) bond motifs is 2. The van der Waals surface area contributed by atoms with Crippen LogP contribution in [0.2, 0.25) is 0 Å². The van der Waals surface area contributed by atoms with E-state index in [1.165, 1.54) is 6.07 Å². The van der Waals surface area contributed by atoms with Crippen molar-refractivity contribution in [2.24, 2.45) is 0 Å². The number of hydrogen-bond acceptors (Lipinski definition) is 4. The van der Waals surface area contributed by atoms with Gasteiger partial charge in [-0.15, -0.1) is 0 Å². The largest absolute Gasteiger partial charge is 0.387 e. The standard InChI is InChI=1S/C20H22F2N4O/c1-3-19(27)17-10-14-11-25(5-4-6-26(14)24-17)18-7-12(2)23-20-15(18)8-13(21)9-16(20)22/h7-10,19,27H,3-6,11H2,1-2H3/t19-/m0/s1. The van der Waals surface area contributed by atoms with Gasteiger partial charge in [0.05, 0.1) is 24.0 Å². The Morgan fingerprint density at radius 1 is 1.19 bits per heavy atom. The van der Waals surface area contributed by atoms with E-state index in [2.05, 4.69) is 15.0 Å². The predicted molar refractivity (Wildman–Crippen MR) is 99.5 cm³/mol. The molecule has 0 amide bonds. The molecule has 0 unspecified atom stereocenters. The van der Waals surface area contributed by atoms with Crippen LogP contribution in [-0.2, 0) is 13.1 Å². The molecule has 0 spiro atoms. The van der Waals surface area contributed by atoms with E-state index in [0.717, 1.165) is 37.0 Å². The Hall–Kier alpha value is -2.54. The zero-order valence-electron chi connectivity index (χ0n) is 15.4. The van der Waals surface area contributed by atoms with Crippen LogP contribution in [0.25, 0.3) is 10.9 Å². The fraction of sp³-hybridized carbons (Fsp3) is 0.400. The van der Waals surface area contributed by atoms with Crippen molar-refractivity contribution >= 4 is 16.6 Å². The molecule has 0 radical (unpaired) electrons. The minimum atomic E-state index is -0.650. The van der Waals surface area contributed by atoms with Crippen molar-refractivity contribution in [3.8, 4) is 0 Å². The van der Waals surface area contributed by atoms with Crippen LogP contribution in [0.3, 0.4) is 0 Å². The van der Waals surface area contributed by atoms with Crippen molar-refractivity contribution in [2.75, 3.05) is 11.4 Å². The second kappa shape index (κ2) is 6.88. The van der Waals surface area contributed by atoms with Gasteiger partial charge in [0.15, 0.2) is 5.82 Å². The highest BCUT2D eigenvalue weighted by molar-refractivity contribution is 5.92. The summed E-state index contributed by atoms with van der Waals surface area (Å²) in [6, 6.07) is 6.00. The Labute approximate surface area is 156 Å². The van der Waals surface area contributed by atoms with Gasteiger partial charge >= 0.3 is 0 Å². The van der Waals surface area contributed by atoms with Crippen LogP contribution >= 0.6 is 0 Å². The maximum atomic E-state index is 14.3. The van der Waals surface area contributed by atoms with E-state index in [1.54, 1.807) is 0 Å². The highest BCUT2D eigenvalue weighted by atomic mass is 19.1. The van der Waals surface area contributed by atoms with Crippen LogP contribution in [0, 0.1) is 18.6 Å². The van der Waals surface area contributed by atoms with Gasteiger partial charge in [-0.25, -0.2) is 13.8 Å². The van der Waals surface area contributed by atoms with Gasteiger partial charge in [0.25, 0.3) is 0 Å². The van der Waals surface area contributed by atoms with Gasteiger partial charge in [-0.05, 0) is 38.0 Å². The van der Waals surface area contributed by atoms with Crippen LogP contribution in [0.4, 0.5) is 14.5 Å². The average molecular weight is 372 g/mol. The maximum Gasteiger partial charge on any atom is 0.152 e. The lowest BCUT2D eigenvalue weighted by molar-refractivity contribution is 0.168. The summed E-state index contributed by atoms with van der Waals surface area (Å²) < 4.78 is 30.1. The number of aliphatic hydroxyl groups is 1.